The topological polar surface area (TPSA) is 25.8 Å². The van der Waals surface area contributed by atoms with Crippen LogP contribution in [0.5, 0.6) is 0 Å². The van der Waals surface area contributed by atoms with Crippen LogP contribution in [0, 0.1) is 6.92 Å². The van der Waals surface area contributed by atoms with Gasteiger partial charge in [0.2, 0.25) is 0 Å². The Labute approximate surface area is 137 Å². The van der Waals surface area contributed by atoms with Gasteiger partial charge in [0.25, 0.3) is 0 Å². The van der Waals surface area contributed by atoms with Crippen molar-refractivity contribution >= 4 is 39.3 Å². The molecule has 0 unspecified atom stereocenters. The van der Waals surface area contributed by atoms with E-state index in [1.165, 1.54) is 10.5 Å². The molecule has 0 saturated carbocycles. The molecular formula is C15H16BrClN2S. The first kappa shape index (κ1) is 15.8. The largest absolute Gasteiger partial charge is 0.235 e. The minimum atomic E-state index is 0.313. The molecule has 0 amide bonds. The summed E-state index contributed by atoms with van der Waals surface area (Å²) < 4.78 is 0.804. The molecule has 1 aromatic heterocycles. The highest BCUT2D eigenvalue weighted by Crippen LogP contribution is 2.30. The highest BCUT2D eigenvalue weighted by molar-refractivity contribution is 9.10. The van der Waals surface area contributed by atoms with E-state index in [0.29, 0.717) is 11.1 Å². The van der Waals surface area contributed by atoms with Gasteiger partial charge >= 0.3 is 0 Å². The zero-order chi connectivity index (χ0) is 14.7. The SMILES string of the molecule is Cc1ccc(SCc2nc(Cl)c(Br)c(C(C)C)n2)cc1. The lowest BCUT2D eigenvalue weighted by molar-refractivity contribution is 0.791. The van der Waals surface area contributed by atoms with E-state index in [1.807, 2.05) is 0 Å². The van der Waals surface area contributed by atoms with Crippen LogP contribution in [0.15, 0.2) is 33.6 Å². The standard InChI is InChI=1S/C15H16BrClN2S/c1-9(2)14-13(16)15(17)19-12(18-14)8-20-11-6-4-10(3)5-7-11/h4-7,9H,8H2,1-3H3. The monoisotopic (exact) mass is 370 g/mol. The number of aromatic nitrogens is 2. The summed E-state index contributed by atoms with van der Waals surface area (Å²) in [6.07, 6.45) is 0. The van der Waals surface area contributed by atoms with Crippen molar-refractivity contribution in [2.75, 3.05) is 0 Å². The van der Waals surface area contributed by atoms with Crippen LogP contribution in [0.1, 0.15) is 36.8 Å². The number of benzene rings is 1. The second-order valence-electron chi connectivity index (χ2n) is 4.89. The van der Waals surface area contributed by atoms with Crippen molar-refractivity contribution in [3.63, 3.8) is 0 Å². The molecule has 0 aliphatic carbocycles. The fourth-order valence-electron chi connectivity index (χ4n) is 1.71. The fourth-order valence-corrected chi connectivity index (χ4v) is 3.29. The first-order chi connectivity index (χ1) is 9.47. The van der Waals surface area contributed by atoms with E-state index in [9.17, 15) is 0 Å². The van der Waals surface area contributed by atoms with Crippen LogP contribution in [0.25, 0.3) is 0 Å². The first-order valence-electron chi connectivity index (χ1n) is 6.38. The molecule has 106 valence electrons. The van der Waals surface area contributed by atoms with Crippen molar-refractivity contribution in [3.05, 3.63) is 51.0 Å². The molecular weight excluding hydrogens is 356 g/mol. The van der Waals surface area contributed by atoms with E-state index >= 15 is 0 Å². The maximum absolute atomic E-state index is 6.16. The van der Waals surface area contributed by atoms with Crippen molar-refractivity contribution in [2.45, 2.75) is 37.3 Å². The minimum absolute atomic E-state index is 0.313. The van der Waals surface area contributed by atoms with Gasteiger partial charge in [-0.3, -0.25) is 0 Å². The minimum Gasteiger partial charge on any atom is -0.235 e. The van der Waals surface area contributed by atoms with Crippen LogP contribution >= 0.6 is 39.3 Å². The fraction of sp³-hybridized carbons (Fsp3) is 0.333. The van der Waals surface area contributed by atoms with Crippen LogP contribution in [0.3, 0.4) is 0 Å². The maximum Gasteiger partial charge on any atom is 0.147 e. The lowest BCUT2D eigenvalue weighted by atomic mass is 10.1. The number of hydrogen-bond donors (Lipinski definition) is 0. The van der Waals surface area contributed by atoms with Crippen LogP contribution in [0.2, 0.25) is 5.15 Å². The van der Waals surface area contributed by atoms with Crippen LogP contribution < -0.4 is 0 Å². The van der Waals surface area contributed by atoms with Crippen LogP contribution in [0.4, 0.5) is 0 Å². The van der Waals surface area contributed by atoms with Crippen LogP contribution in [-0.4, -0.2) is 9.97 Å². The molecule has 0 aliphatic rings. The molecule has 1 aromatic carbocycles. The quantitative estimate of drug-likeness (QED) is 0.515. The van der Waals surface area contributed by atoms with Gasteiger partial charge in [0, 0.05) is 4.90 Å². The number of nitrogens with zero attached hydrogens (tertiary/aromatic N) is 2. The highest BCUT2D eigenvalue weighted by Gasteiger charge is 2.13. The summed E-state index contributed by atoms with van der Waals surface area (Å²) in [5.74, 6) is 1.80. The van der Waals surface area contributed by atoms with E-state index in [4.69, 9.17) is 11.6 Å². The Balaban J connectivity index is 2.15. The molecule has 2 rings (SSSR count). The Morgan fingerprint density at radius 2 is 1.85 bits per heavy atom. The predicted molar refractivity (Wildman–Crippen MR) is 89.6 cm³/mol. The summed E-state index contributed by atoms with van der Waals surface area (Å²) in [7, 11) is 0. The van der Waals surface area contributed by atoms with Crippen molar-refractivity contribution < 1.29 is 0 Å². The highest BCUT2D eigenvalue weighted by atomic mass is 79.9. The zero-order valence-electron chi connectivity index (χ0n) is 11.7. The summed E-state index contributed by atoms with van der Waals surface area (Å²) in [6, 6.07) is 8.45. The van der Waals surface area contributed by atoms with E-state index in [0.717, 1.165) is 21.7 Å². The van der Waals surface area contributed by atoms with E-state index in [-0.39, 0.29) is 0 Å². The van der Waals surface area contributed by atoms with Gasteiger partial charge in [0.05, 0.1) is 15.9 Å². The normalized spacial score (nSPS) is 11.1. The lowest BCUT2D eigenvalue weighted by Gasteiger charge is -2.10. The Hall–Kier alpha value is -0.580. The molecule has 0 atom stereocenters. The summed E-state index contributed by atoms with van der Waals surface area (Å²) in [6.45, 7) is 6.28. The van der Waals surface area contributed by atoms with Gasteiger partial charge in [0.15, 0.2) is 0 Å². The third-order valence-corrected chi connectivity index (χ3v) is 5.11. The smallest absolute Gasteiger partial charge is 0.147 e. The molecule has 0 bridgehead atoms. The number of rotatable bonds is 4. The van der Waals surface area contributed by atoms with E-state index in [2.05, 4.69) is 70.9 Å². The number of hydrogen-bond acceptors (Lipinski definition) is 3. The van der Waals surface area contributed by atoms with Gasteiger partial charge in [-0.2, -0.15) is 0 Å². The lowest BCUT2D eigenvalue weighted by Crippen LogP contribution is -2.02. The third-order valence-electron chi connectivity index (χ3n) is 2.82. The molecule has 0 N–H and O–H groups in total. The number of halogens is 2. The molecule has 2 aromatic rings. The van der Waals surface area contributed by atoms with Crippen molar-refractivity contribution in [1.29, 1.82) is 0 Å². The Morgan fingerprint density at radius 1 is 1.20 bits per heavy atom. The van der Waals surface area contributed by atoms with Gasteiger partial charge in [-0.25, -0.2) is 9.97 Å². The molecule has 0 radical (unpaired) electrons. The van der Waals surface area contributed by atoms with Crippen molar-refractivity contribution in [3.8, 4) is 0 Å². The molecule has 0 aliphatic heterocycles. The van der Waals surface area contributed by atoms with Gasteiger partial charge in [-0.05, 0) is 40.9 Å². The van der Waals surface area contributed by atoms with Gasteiger partial charge in [0.1, 0.15) is 11.0 Å². The summed E-state index contributed by atoms with van der Waals surface area (Å²) in [5, 5.41) is 0.489. The average Bonchev–Trinajstić information content (AvgIpc) is 2.41. The van der Waals surface area contributed by atoms with Crippen molar-refractivity contribution in [1.82, 2.24) is 9.97 Å². The molecule has 1 heterocycles. The summed E-state index contributed by atoms with van der Waals surface area (Å²) >= 11 is 11.3. The molecule has 0 fully saturated rings. The third kappa shape index (κ3) is 3.96. The van der Waals surface area contributed by atoms with E-state index in [1.54, 1.807) is 11.8 Å². The molecule has 5 heteroatoms. The first-order valence-corrected chi connectivity index (χ1v) is 8.54. The van der Waals surface area contributed by atoms with Gasteiger partial charge in [-0.1, -0.05) is 43.1 Å². The maximum atomic E-state index is 6.16. The summed E-state index contributed by atoms with van der Waals surface area (Å²) in [4.78, 5) is 10.1. The Bertz CT molecular complexity index is 600. The van der Waals surface area contributed by atoms with Crippen LogP contribution in [-0.2, 0) is 5.75 Å². The Morgan fingerprint density at radius 3 is 2.45 bits per heavy atom. The van der Waals surface area contributed by atoms with Gasteiger partial charge < -0.3 is 0 Å². The predicted octanol–water partition coefficient (Wildman–Crippen LogP) is 5.62. The van der Waals surface area contributed by atoms with Crippen molar-refractivity contribution in [2.24, 2.45) is 0 Å². The molecule has 0 saturated heterocycles. The van der Waals surface area contributed by atoms with E-state index < -0.39 is 0 Å². The summed E-state index contributed by atoms with van der Waals surface area (Å²) in [5.41, 5.74) is 2.23. The second kappa shape index (κ2) is 6.92. The molecule has 0 spiro atoms. The Kier molecular flexibility index (Phi) is 5.47. The number of thioether (sulfide) groups is 1. The number of aryl methyl sites for hydroxylation is 1. The average molecular weight is 372 g/mol. The molecule has 20 heavy (non-hydrogen) atoms. The molecule has 2 nitrogen and oxygen atoms in total. The zero-order valence-corrected chi connectivity index (χ0v) is 14.8. The van der Waals surface area contributed by atoms with Gasteiger partial charge in [-0.15, -0.1) is 11.8 Å². The second-order valence-corrected chi connectivity index (χ2v) is 7.09.